The first-order chi connectivity index (χ1) is 8.61. The quantitative estimate of drug-likeness (QED) is 0.808. The molecule has 0 aliphatic rings. The van der Waals surface area contributed by atoms with Gasteiger partial charge in [0, 0.05) is 18.9 Å². The third-order valence-corrected chi connectivity index (χ3v) is 2.40. The first-order valence-electron chi connectivity index (χ1n) is 6.06. The molecular formula is C13H20N2O3. The van der Waals surface area contributed by atoms with E-state index in [0.29, 0.717) is 18.9 Å². The van der Waals surface area contributed by atoms with Gasteiger partial charge < -0.3 is 15.2 Å². The Morgan fingerprint density at radius 1 is 1.44 bits per heavy atom. The number of rotatable bonds is 6. The Labute approximate surface area is 107 Å². The van der Waals surface area contributed by atoms with Gasteiger partial charge in [0.25, 0.3) is 0 Å². The van der Waals surface area contributed by atoms with E-state index >= 15 is 0 Å². The molecule has 5 nitrogen and oxygen atoms in total. The summed E-state index contributed by atoms with van der Waals surface area (Å²) in [5.41, 5.74) is 0.950. The fourth-order valence-corrected chi connectivity index (χ4v) is 1.55. The molecule has 1 rings (SSSR count). The molecule has 0 saturated carbocycles. The zero-order valence-corrected chi connectivity index (χ0v) is 10.8. The molecule has 1 aromatic heterocycles. The highest BCUT2D eigenvalue weighted by molar-refractivity contribution is 5.67. The number of hydrogen-bond donors (Lipinski definition) is 2. The van der Waals surface area contributed by atoms with Gasteiger partial charge in [-0.2, -0.15) is 0 Å². The van der Waals surface area contributed by atoms with Gasteiger partial charge in [-0.3, -0.25) is 4.98 Å². The SMILES string of the molecule is CC(C)C[C@H](CO)OC(=O)NCc1ccncc1. The summed E-state index contributed by atoms with van der Waals surface area (Å²) in [6, 6.07) is 3.63. The Morgan fingerprint density at radius 3 is 2.67 bits per heavy atom. The van der Waals surface area contributed by atoms with Crippen LogP contribution in [0, 0.1) is 5.92 Å². The van der Waals surface area contributed by atoms with E-state index in [1.807, 2.05) is 26.0 Å². The van der Waals surface area contributed by atoms with Crippen molar-refractivity contribution in [2.45, 2.75) is 32.9 Å². The highest BCUT2D eigenvalue weighted by Crippen LogP contribution is 2.08. The molecule has 2 N–H and O–H groups in total. The molecule has 100 valence electrons. The van der Waals surface area contributed by atoms with Gasteiger partial charge >= 0.3 is 6.09 Å². The monoisotopic (exact) mass is 252 g/mol. The van der Waals surface area contributed by atoms with Crippen molar-refractivity contribution in [3.8, 4) is 0 Å². The van der Waals surface area contributed by atoms with Crippen LogP contribution in [0.1, 0.15) is 25.8 Å². The zero-order valence-electron chi connectivity index (χ0n) is 10.8. The van der Waals surface area contributed by atoms with Crippen LogP contribution in [0.25, 0.3) is 0 Å². The lowest BCUT2D eigenvalue weighted by atomic mass is 10.1. The topological polar surface area (TPSA) is 71.5 Å². The van der Waals surface area contributed by atoms with Crippen molar-refractivity contribution in [3.05, 3.63) is 30.1 Å². The summed E-state index contributed by atoms with van der Waals surface area (Å²) in [6.45, 7) is 4.27. The number of amides is 1. The van der Waals surface area contributed by atoms with E-state index in [-0.39, 0.29) is 6.61 Å². The number of aliphatic hydroxyl groups excluding tert-OH is 1. The number of aromatic nitrogens is 1. The molecule has 1 aromatic rings. The predicted octanol–water partition coefficient (Wildman–Crippen LogP) is 1.71. The second-order valence-corrected chi connectivity index (χ2v) is 4.55. The molecule has 1 amide bonds. The summed E-state index contributed by atoms with van der Waals surface area (Å²) in [7, 11) is 0. The standard InChI is InChI=1S/C13H20N2O3/c1-10(2)7-12(9-16)18-13(17)15-8-11-3-5-14-6-4-11/h3-6,10,12,16H,7-9H2,1-2H3,(H,15,17)/t12-/m1/s1. The maximum atomic E-state index is 11.5. The van der Waals surface area contributed by atoms with Crippen molar-refractivity contribution < 1.29 is 14.6 Å². The van der Waals surface area contributed by atoms with Gasteiger partial charge in [-0.1, -0.05) is 13.8 Å². The van der Waals surface area contributed by atoms with Crippen LogP contribution in [0.2, 0.25) is 0 Å². The molecule has 0 aliphatic carbocycles. The number of nitrogens with one attached hydrogen (secondary N) is 1. The number of hydrogen-bond acceptors (Lipinski definition) is 4. The highest BCUT2D eigenvalue weighted by Gasteiger charge is 2.14. The second kappa shape index (κ2) is 7.66. The smallest absolute Gasteiger partial charge is 0.407 e. The van der Waals surface area contributed by atoms with Crippen molar-refractivity contribution in [2.24, 2.45) is 5.92 Å². The van der Waals surface area contributed by atoms with Crippen molar-refractivity contribution >= 4 is 6.09 Å². The molecule has 0 unspecified atom stereocenters. The van der Waals surface area contributed by atoms with Crippen molar-refractivity contribution in [1.82, 2.24) is 10.3 Å². The number of carbonyl (C=O) groups is 1. The maximum absolute atomic E-state index is 11.5. The number of nitrogens with zero attached hydrogens (tertiary/aromatic N) is 1. The lowest BCUT2D eigenvalue weighted by molar-refractivity contribution is 0.0456. The van der Waals surface area contributed by atoms with E-state index in [4.69, 9.17) is 9.84 Å². The summed E-state index contributed by atoms with van der Waals surface area (Å²) in [5, 5.41) is 11.7. The molecule has 18 heavy (non-hydrogen) atoms. The molecule has 0 saturated heterocycles. The fraction of sp³-hybridized carbons (Fsp3) is 0.538. The molecule has 0 bridgehead atoms. The van der Waals surface area contributed by atoms with Crippen LogP contribution in [0.15, 0.2) is 24.5 Å². The largest absolute Gasteiger partial charge is 0.444 e. The predicted molar refractivity (Wildman–Crippen MR) is 67.9 cm³/mol. The number of alkyl carbamates (subject to hydrolysis) is 1. The van der Waals surface area contributed by atoms with Gasteiger partial charge in [0.1, 0.15) is 6.10 Å². The molecule has 0 spiro atoms. The normalized spacial score (nSPS) is 12.2. The summed E-state index contributed by atoms with van der Waals surface area (Å²) in [6.07, 6.45) is 3.03. The van der Waals surface area contributed by atoms with Crippen LogP contribution in [0.4, 0.5) is 4.79 Å². The highest BCUT2D eigenvalue weighted by atomic mass is 16.6. The molecule has 1 heterocycles. The Kier molecular flexibility index (Phi) is 6.14. The van der Waals surface area contributed by atoms with Crippen molar-refractivity contribution in [2.75, 3.05) is 6.61 Å². The minimum Gasteiger partial charge on any atom is -0.444 e. The van der Waals surface area contributed by atoms with Crippen LogP contribution in [0.5, 0.6) is 0 Å². The lowest BCUT2D eigenvalue weighted by Crippen LogP contribution is -2.31. The molecule has 0 fully saturated rings. The van der Waals surface area contributed by atoms with Crippen LogP contribution in [0.3, 0.4) is 0 Å². The number of ether oxygens (including phenoxy) is 1. The number of pyridine rings is 1. The molecule has 1 atom stereocenters. The van der Waals surface area contributed by atoms with E-state index in [1.165, 1.54) is 0 Å². The van der Waals surface area contributed by atoms with E-state index < -0.39 is 12.2 Å². The maximum Gasteiger partial charge on any atom is 0.407 e. The van der Waals surface area contributed by atoms with E-state index in [9.17, 15) is 4.79 Å². The minimum atomic E-state index is -0.508. The molecule has 0 aromatic carbocycles. The summed E-state index contributed by atoms with van der Waals surface area (Å²) in [4.78, 5) is 15.4. The van der Waals surface area contributed by atoms with Crippen LogP contribution in [-0.2, 0) is 11.3 Å². The third kappa shape index (κ3) is 5.63. The first kappa shape index (κ1) is 14.4. The Bertz CT molecular complexity index is 355. The van der Waals surface area contributed by atoms with Gasteiger partial charge in [-0.25, -0.2) is 4.79 Å². The molecule has 0 aliphatic heterocycles. The lowest BCUT2D eigenvalue weighted by Gasteiger charge is -2.17. The minimum absolute atomic E-state index is 0.152. The number of carbonyl (C=O) groups excluding carboxylic acids is 1. The average molecular weight is 252 g/mol. The van der Waals surface area contributed by atoms with Gasteiger partial charge in [-0.05, 0) is 30.0 Å². The van der Waals surface area contributed by atoms with Crippen molar-refractivity contribution in [3.63, 3.8) is 0 Å². The van der Waals surface area contributed by atoms with Crippen LogP contribution >= 0.6 is 0 Å². The van der Waals surface area contributed by atoms with E-state index in [1.54, 1.807) is 12.4 Å². The zero-order chi connectivity index (χ0) is 13.4. The first-order valence-corrected chi connectivity index (χ1v) is 6.06. The Morgan fingerprint density at radius 2 is 2.11 bits per heavy atom. The third-order valence-electron chi connectivity index (χ3n) is 2.40. The second-order valence-electron chi connectivity index (χ2n) is 4.55. The van der Waals surface area contributed by atoms with Crippen LogP contribution < -0.4 is 5.32 Å². The van der Waals surface area contributed by atoms with E-state index in [2.05, 4.69) is 10.3 Å². The fourth-order valence-electron chi connectivity index (χ4n) is 1.55. The molecule has 5 heteroatoms. The van der Waals surface area contributed by atoms with Crippen molar-refractivity contribution in [1.29, 1.82) is 0 Å². The summed E-state index contributed by atoms with van der Waals surface area (Å²) >= 11 is 0. The van der Waals surface area contributed by atoms with Gasteiger partial charge in [0.05, 0.1) is 6.61 Å². The molecule has 0 radical (unpaired) electrons. The van der Waals surface area contributed by atoms with Crippen LogP contribution in [-0.4, -0.2) is 28.9 Å². The van der Waals surface area contributed by atoms with E-state index in [0.717, 1.165) is 5.56 Å². The van der Waals surface area contributed by atoms with Gasteiger partial charge in [0.2, 0.25) is 0 Å². The number of aliphatic hydroxyl groups is 1. The summed E-state index contributed by atoms with van der Waals surface area (Å²) in [5.74, 6) is 0.371. The Hall–Kier alpha value is -1.62. The Balaban J connectivity index is 2.32. The average Bonchev–Trinajstić information content (AvgIpc) is 2.36. The van der Waals surface area contributed by atoms with Gasteiger partial charge in [-0.15, -0.1) is 0 Å². The van der Waals surface area contributed by atoms with Gasteiger partial charge in [0.15, 0.2) is 0 Å². The summed E-state index contributed by atoms with van der Waals surface area (Å²) < 4.78 is 5.12. The molecular weight excluding hydrogens is 232 g/mol.